The fourth-order valence-electron chi connectivity index (χ4n) is 3.49. The van der Waals surface area contributed by atoms with Gasteiger partial charge in [0.1, 0.15) is 0 Å². The first-order chi connectivity index (χ1) is 13.2. The molecule has 0 spiro atoms. The standard InChI is InChI=1S/C20H22ClN5O2/c1-20(2,3)17-12-25(6-7-26(17)19(27)28)15-9-13(11-22)8-14(10-15)16-4-5-23-18(21)24-16/h4-5,8-10,17H,6-7,12H2,1-3H3,(H,27,28). The van der Waals surface area contributed by atoms with Gasteiger partial charge in [0.25, 0.3) is 0 Å². The van der Waals surface area contributed by atoms with E-state index in [9.17, 15) is 15.2 Å². The zero-order chi connectivity index (χ0) is 20.5. The third kappa shape index (κ3) is 4.18. The Hall–Kier alpha value is -2.85. The van der Waals surface area contributed by atoms with Gasteiger partial charge in [-0.2, -0.15) is 5.26 Å². The lowest BCUT2D eigenvalue weighted by Gasteiger charge is -2.46. The number of carboxylic acid groups (broad SMARTS) is 1. The second-order valence-electron chi connectivity index (χ2n) is 7.90. The molecule has 1 aliphatic heterocycles. The summed E-state index contributed by atoms with van der Waals surface area (Å²) < 4.78 is 0. The lowest BCUT2D eigenvalue weighted by atomic mass is 9.84. The molecule has 0 aliphatic carbocycles. The molecular weight excluding hydrogens is 378 g/mol. The number of rotatable bonds is 2. The van der Waals surface area contributed by atoms with E-state index < -0.39 is 6.09 Å². The zero-order valence-electron chi connectivity index (χ0n) is 16.1. The lowest BCUT2D eigenvalue weighted by Crippen LogP contribution is -2.59. The fourth-order valence-corrected chi connectivity index (χ4v) is 3.64. The molecule has 0 saturated carbocycles. The van der Waals surface area contributed by atoms with Crippen molar-refractivity contribution in [3.63, 3.8) is 0 Å². The summed E-state index contributed by atoms with van der Waals surface area (Å²) in [6, 6.07) is 9.31. The van der Waals surface area contributed by atoms with Crippen LogP contribution >= 0.6 is 11.6 Å². The van der Waals surface area contributed by atoms with Crippen molar-refractivity contribution in [1.82, 2.24) is 14.9 Å². The SMILES string of the molecule is CC(C)(C)C1CN(c2cc(C#N)cc(-c3ccnc(Cl)n3)c2)CCN1C(=O)O. The van der Waals surface area contributed by atoms with Crippen LogP contribution in [0.5, 0.6) is 0 Å². The maximum Gasteiger partial charge on any atom is 0.407 e. The maximum atomic E-state index is 11.7. The Morgan fingerprint density at radius 3 is 2.68 bits per heavy atom. The van der Waals surface area contributed by atoms with E-state index in [1.165, 1.54) is 4.90 Å². The van der Waals surface area contributed by atoms with E-state index >= 15 is 0 Å². The Morgan fingerprint density at radius 1 is 1.32 bits per heavy atom. The van der Waals surface area contributed by atoms with Crippen LogP contribution in [0.25, 0.3) is 11.3 Å². The predicted octanol–water partition coefficient (Wildman–Crippen LogP) is 3.88. The quantitative estimate of drug-likeness (QED) is 0.770. The van der Waals surface area contributed by atoms with Crippen LogP contribution in [0.4, 0.5) is 10.5 Å². The second-order valence-corrected chi connectivity index (χ2v) is 8.23. The Kier molecular flexibility index (Phi) is 5.43. The predicted molar refractivity (Wildman–Crippen MR) is 107 cm³/mol. The second kappa shape index (κ2) is 7.64. The highest BCUT2D eigenvalue weighted by Crippen LogP contribution is 2.32. The Labute approximate surface area is 169 Å². The summed E-state index contributed by atoms with van der Waals surface area (Å²) in [7, 11) is 0. The number of halogens is 1. The van der Waals surface area contributed by atoms with Gasteiger partial charge in [0.15, 0.2) is 0 Å². The maximum absolute atomic E-state index is 11.7. The van der Waals surface area contributed by atoms with E-state index in [0.717, 1.165) is 11.3 Å². The van der Waals surface area contributed by atoms with Gasteiger partial charge in [0, 0.05) is 37.1 Å². The summed E-state index contributed by atoms with van der Waals surface area (Å²) in [5.41, 5.74) is 2.56. The number of carbonyl (C=O) groups is 1. The van der Waals surface area contributed by atoms with Crippen molar-refractivity contribution in [3.8, 4) is 17.3 Å². The third-order valence-electron chi connectivity index (χ3n) is 4.96. The Balaban J connectivity index is 1.98. The molecule has 146 valence electrons. The highest BCUT2D eigenvalue weighted by atomic mass is 35.5. The van der Waals surface area contributed by atoms with E-state index in [0.29, 0.717) is 30.9 Å². The molecule has 3 rings (SSSR count). The minimum absolute atomic E-state index is 0.143. The van der Waals surface area contributed by atoms with Crippen molar-refractivity contribution < 1.29 is 9.90 Å². The normalized spacial score (nSPS) is 17.3. The van der Waals surface area contributed by atoms with E-state index in [1.54, 1.807) is 18.3 Å². The molecule has 8 heteroatoms. The van der Waals surface area contributed by atoms with Crippen LogP contribution < -0.4 is 4.90 Å². The molecule has 1 amide bonds. The van der Waals surface area contributed by atoms with Crippen LogP contribution in [0.15, 0.2) is 30.5 Å². The van der Waals surface area contributed by atoms with E-state index in [-0.39, 0.29) is 16.7 Å². The number of nitriles is 1. The zero-order valence-corrected chi connectivity index (χ0v) is 16.8. The molecule has 1 aliphatic rings. The third-order valence-corrected chi connectivity index (χ3v) is 5.14. The van der Waals surface area contributed by atoms with Crippen LogP contribution in [-0.4, -0.2) is 51.7 Å². The van der Waals surface area contributed by atoms with Gasteiger partial charge in [-0.05, 0) is 41.3 Å². The van der Waals surface area contributed by atoms with Gasteiger partial charge in [-0.3, -0.25) is 0 Å². The summed E-state index contributed by atoms with van der Waals surface area (Å²) in [6.45, 7) is 7.63. The van der Waals surface area contributed by atoms with Gasteiger partial charge < -0.3 is 14.9 Å². The number of amides is 1. The number of hydrogen-bond donors (Lipinski definition) is 1. The largest absolute Gasteiger partial charge is 0.465 e. The van der Waals surface area contributed by atoms with Crippen molar-refractivity contribution in [3.05, 3.63) is 41.3 Å². The van der Waals surface area contributed by atoms with Crippen molar-refractivity contribution >= 4 is 23.4 Å². The monoisotopic (exact) mass is 399 g/mol. The first-order valence-corrected chi connectivity index (χ1v) is 9.35. The summed E-state index contributed by atoms with van der Waals surface area (Å²) in [4.78, 5) is 23.4. The summed E-state index contributed by atoms with van der Waals surface area (Å²) in [6.07, 6.45) is 0.673. The molecule has 2 heterocycles. The van der Waals surface area contributed by atoms with E-state index in [2.05, 4.69) is 20.9 Å². The van der Waals surface area contributed by atoms with Gasteiger partial charge in [0.2, 0.25) is 5.28 Å². The Bertz CT molecular complexity index is 935. The molecule has 1 unspecified atom stereocenters. The van der Waals surface area contributed by atoms with Crippen molar-refractivity contribution in [2.45, 2.75) is 26.8 Å². The minimum atomic E-state index is -0.901. The average molecular weight is 400 g/mol. The molecule has 1 saturated heterocycles. The highest BCUT2D eigenvalue weighted by Gasteiger charge is 2.38. The van der Waals surface area contributed by atoms with Crippen LogP contribution in [0, 0.1) is 16.7 Å². The van der Waals surface area contributed by atoms with Crippen LogP contribution in [-0.2, 0) is 0 Å². The molecular formula is C20H22ClN5O2. The summed E-state index contributed by atoms with van der Waals surface area (Å²) in [5, 5.41) is 19.2. The van der Waals surface area contributed by atoms with E-state index in [1.807, 2.05) is 32.9 Å². The Morgan fingerprint density at radius 2 is 2.07 bits per heavy atom. The lowest BCUT2D eigenvalue weighted by molar-refractivity contribution is 0.0748. The summed E-state index contributed by atoms with van der Waals surface area (Å²) in [5.74, 6) is 0. The van der Waals surface area contributed by atoms with Gasteiger partial charge >= 0.3 is 6.09 Å². The molecule has 1 atom stereocenters. The number of nitrogens with zero attached hydrogens (tertiary/aromatic N) is 5. The van der Waals surface area contributed by atoms with Crippen LogP contribution in [0.3, 0.4) is 0 Å². The van der Waals surface area contributed by atoms with Gasteiger partial charge in [0.05, 0.1) is 23.4 Å². The van der Waals surface area contributed by atoms with Crippen molar-refractivity contribution in [2.75, 3.05) is 24.5 Å². The highest BCUT2D eigenvalue weighted by molar-refractivity contribution is 6.28. The van der Waals surface area contributed by atoms with Gasteiger partial charge in [-0.15, -0.1) is 0 Å². The van der Waals surface area contributed by atoms with Gasteiger partial charge in [-0.25, -0.2) is 14.8 Å². The molecule has 1 aromatic carbocycles. The number of hydrogen-bond acceptors (Lipinski definition) is 5. The van der Waals surface area contributed by atoms with Crippen molar-refractivity contribution in [2.24, 2.45) is 5.41 Å². The smallest absolute Gasteiger partial charge is 0.407 e. The molecule has 0 bridgehead atoms. The average Bonchev–Trinajstić information content (AvgIpc) is 2.66. The fraction of sp³-hybridized carbons (Fsp3) is 0.400. The minimum Gasteiger partial charge on any atom is -0.465 e. The van der Waals surface area contributed by atoms with Crippen LogP contribution in [0.1, 0.15) is 26.3 Å². The molecule has 7 nitrogen and oxygen atoms in total. The number of aromatic nitrogens is 2. The number of benzene rings is 1. The van der Waals surface area contributed by atoms with Crippen LogP contribution in [0.2, 0.25) is 5.28 Å². The molecule has 2 aromatic rings. The molecule has 0 radical (unpaired) electrons. The molecule has 1 aromatic heterocycles. The molecule has 1 fully saturated rings. The van der Waals surface area contributed by atoms with E-state index in [4.69, 9.17) is 11.6 Å². The van der Waals surface area contributed by atoms with Crippen molar-refractivity contribution in [1.29, 1.82) is 5.26 Å². The summed E-state index contributed by atoms with van der Waals surface area (Å²) >= 11 is 5.91. The number of anilines is 1. The topological polar surface area (TPSA) is 93.4 Å². The van der Waals surface area contributed by atoms with Gasteiger partial charge in [-0.1, -0.05) is 20.8 Å². The first-order valence-electron chi connectivity index (χ1n) is 8.97. The number of piperazine rings is 1. The molecule has 28 heavy (non-hydrogen) atoms. The first kappa shape index (κ1) is 19.9. The molecule has 1 N–H and O–H groups in total.